The fourth-order valence-corrected chi connectivity index (χ4v) is 1.92. The van der Waals surface area contributed by atoms with Crippen LogP contribution in [0.25, 0.3) is 0 Å². The second-order valence-corrected chi connectivity index (χ2v) is 4.14. The molecule has 0 aromatic carbocycles. The molecule has 0 radical (unpaired) electrons. The van der Waals surface area contributed by atoms with Gasteiger partial charge in [0, 0.05) is 18.6 Å². The second-order valence-electron chi connectivity index (χ2n) is 4.14. The molecule has 0 aromatic heterocycles. The number of hydrogen-bond donors (Lipinski definition) is 1. The molecule has 1 saturated heterocycles. The van der Waals surface area contributed by atoms with E-state index in [0.29, 0.717) is 18.1 Å². The van der Waals surface area contributed by atoms with E-state index in [2.05, 4.69) is 5.32 Å². The topological polar surface area (TPSA) is 30.5 Å². The molecule has 3 heteroatoms. The third kappa shape index (κ3) is 2.42. The van der Waals surface area contributed by atoms with E-state index < -0.39 is 0 Å². The van der Waals surface area contributed by atoms with Gasteiger partial charge in [-0.25, -0.2) is 0 Å². The number of nitrogens with one attached hydrogen (secondary N) is 1. The predicted molar refractivity (Wildman–Crippen MR) is 50.7 cm³/mol. The van der Waals surface area contributed by atoms with Crippen molar-refractivity contribution in [3.63, 3.8) is 0 Å². The van der Waals surface area contributed by atoms with Gasteiger partial charge in [-0.2, -0.15) is 0 Å². The molecule has 1 unspecified atom stereocenters. The zero-order chi connectivity index (χ0) is 9.10. The zero-order valence-corrected chi connectivity index (χ0v) is 8.29. The van der Waals surface area contributed by atoms with E-state index in [4.69, 9.17) is 9.47 Å². The van der Waals surface area contributed by atoms with Gasteiger partial charge in [-0.1, -0.05) is 0 Å². The van der Waals surface area contributed by atoms with Crippen molar-refractivity contribution in [2.75, 3.05) is 26.9 Å². The minimum absolute atomic E-state index is 0.512. The molecule has 3 nitrogen and oxygen atoms in total. The monoisotopic (exact) mass is 185 g/mol. The van der Waals surface area contributed by atoms with Gasteiger partial charge in [0.1, 0.15) is 0 Å². The van der Waals surface area contributed by atoms with E-state index in [1.165, 1.54) is 19.3 Å². The summed E-state index contributed by atoms with van der Waals surface area (Å²) in [5.74, 6) is 0.661. The van der Waals surface area contributed by atoms with Crippen molar-refractivity contribution in [2.45, 2.75) is 31.4 Å². The summed E-state index contributed by atoms with van der Waals surface area (Å²) in [7, 11) is 2.02. The fourth-order valence-electron chi connectivity index (χ4n) is 1.92. The summed E-state index contributed by atoms with van der Waals surface area (Å²) >= 11 is 0. The SMILES string of the molecule is CNC1CC(OCC2CCOC2)C1. The average molecular weight is 185 g/mol. The lowest BCUT2D eigenvalue weighted by atomic mass is 9.89. The fraction of sp³-hybridized carbons (Fsp3) is 1.00. The molecular formula is C10H19NO2. The van der Waals surface area contributed by atoms with Crippen molar-refractivity contribution in [2.24, 2.45) is 5.92 Å². The predicted octanol–water partition coefficient (Wildman–Crippen LogP) is 0.790. The molecule has 13 heavy (non-hydrogen) atoms. The van der Waals surface area contributed by atoms with E-state index in [0.717, 1.165) is 19.8 Å². The molecule has 2 fully saturated rings. The lowest BCUT2D eigenvalue weighted by molar-refractivity contribution is -0.0314. The Balaban J connectivity index is 1.54. The highest BCUT2D eigenvalue weighted by Crippen LogP contribution is 2.24. The van der Waals surface area contributed by atoms with Crippen LogP contribution in [0.15, 0.2) is 0 Å². The third-order valence-electron chi connectivity index (χ3n) is 3.09. The average Bonchev–Trinajstić information content (AvgIpc) is 2.54. The number of rotatable bonds is 4. The van der Waals surface area contributed by atoms with Gasteiger partial charge in [-0.3, -0.25) is 0 Å². The summed E-state index contributed by atoms with van der Waals surface area (Å²) < 4.78 is 11.1. The van der Waals surface area contributed by atoms with Gasteiger partial charge in [0.05, 0.1) is 19.3 Å². The molecule has 1 aliphatic carbocycles. The normalized spacial score (nSPS) is 39.0. The Morgan fingerprint density at radius 2 is 2.31 bits per heavy atom. The van der Waals surface area contributed by atoms with Crippen molar-refractivity contribution in [3.8, 4) is 0 Å². The second kappa shape index (κ2) is 4.40. The summed E-state index contributed by atoms with van der Waals surface area (Å²) in [5.41, 5.74) is 0. The van der Waals surface area contributed by atoms with Gasteiger partial charge in [0.2, 0.25) is 0 Å². The largest absolute Gasteiger partial charge is 0.381 e. The number of hydrogen-bond acceptors (Lipinski definition) is 3. The maximum Gasteiger partial charge on any atom is 0.0605 e. The van der Waals surface area contributed by atoms with Crippen LogP contribution in [0.3, 0.4) is 0 Å². The Morgan fingerprint density at radius 1 is 1.46 bits per heavy atom. The van der Waals surface area contributed by atoms with Crippen LogP contribution in [-0.2, 0) is 9.47 Å². The molecule has 1 heterocycles. The molecule has 1 atom stereocenters. The Kier molecular flexibility index (Phi) is 3.19. The highest BCUT2D eigenvalue weighted by atomic mass is 16.5. The Bertz CT molecular complexity index is 151. The molecule has 0 aromatic rings. The highest BCUT2D eigenvalue weighted by Gasteiger charge is 2.29. The van der Waals surface area contributed by atoms with Crippen molar-refractivity contribution in [3.05, 3.63) is 0 Å². The van der Waals surface area contributed by atoms with E-state index in [1.54, 1.807) is 0 Å². The quantitative estimate of drug-likeness (QED) is 0.702. The zero-order valence-electron chi connectivity index (χ0n) is 8.29. The van der Waals surface area contributed by atoms with Crippen LogP contribution >= 0.6 is 0 Å². The van der Waals surface area contributed by atoms with E-state index in [9.17, 15) is 0 Å². The lowest BCUT2D eigenvalue weighted by Gasteiger charge is -2.35. The van der Waals surface area contributed by atoms with Crippen LogP contribution in [-0.4, -0.2) is 39.0 Å². The minimum atomic E-state index is 0.512. The smallest absolute Gasteiger partial charge is 0.0605 e. The molecule has 1 saturated carbocycles. The van der Waals surface area contributed by atoms with Crippen LogP contribution in [0.2, 0.25) is 0 Å². The summed E-state index contributed by atoms with van der Waals surface area (Å²) in [5, 5.41) is 3.25. The van der Waals surface area contributed by atoms with Crippen LogP contribution in [0.4, 0.5) is 0 Å². The van der Waals surface area contributed by atoms with Crippen molar-refractivity contribution in [1.82, 2.24) is 5.32 Å². The first kappa shape index (κ1) is 9.44. The molecule has 76 valence electrons. The molecule has 0 amide bonds. The molecule has 2 aliphatic rings. The van der Waals surface area contributed by atoms with Gasteiger partial charge >= 0.3 is 0 Å². The molecular weight excluding hydrogens is 166 g/mol. The van der Waals surface area contributed by atoms with E-state index >= 15 is 0 Å². The highest BCUT2D eigenvalue weighted by molar-refractivity contribution is 4.85. The van der Waals surface area contributed by atoms with Crippen LogP contribution in [0, 0.1) is 5.92 Å². The van der Waals surface area contributed by atoms with E-state index in [-0.39, 0.29) is 0 Å². The van der Waals surface area contributed by atoms with Crippen LogP contribution < -0.4 is 5.32 Å². The molecule has 1 N–H and O–H groups in total. The summed E-state index contributed by atoms with van der Waals surface area (Å²) in [4.78, 5) is 0. The van der Waals surface area contributed by atoms with Gasteiger partial charge in [-0.05, 0) is 26.3 Å². The third-order valence-corrected chi connectivity index (χ3v) is 3.09. The van der Waals surface area contributed by atoms with Crippen molar-refractivity contribution >= 4 is 0 Å². The molecule has 1 aliphatic heterocycles. The van der Waals surface area contributed by atoms with Gasteiger partial charge in [-0.15, -0.1) is 0 Å². The molecule has 2 rings (SSSR count). The Labute approximate surface area is 79.8 Å². The summed E-state index contributed by atoms with van der Waals surface area (Å²) in [6, 6.07) is 0.699. The summed E-state index contributed by atoms with van der Waals surface area (Å²) in [6.45, 7) is 2.74. The molecule has 0 bridgehead atoms. The van der Waals surface area contributed by atoms with Gasteiger partial charge < -0.3 is 14.8 Å². The lowest BCUT2D eigenvalue weighted by Crippen LogP contribution is -2.44. The Hall–Kier alpha value is -0.120. The maximum atomic E-state index is 5.77. The van der Waals surface area contributed by atoms with Crippen LogP contribution in [0.5, 0.6) is 0 Å². The Morgan fingerprint density at radius 3 is 2.92 bits per heavy atom. The number of ether oxygens (including phenoxy) is 2. The maximum absolute atomic E-state index is 5.77. The summed E-state index contributed by atoms with van der Waals surface area (Å²) in [6.07, 6.45) is 4.06. The van der Waals surface area contributed by atoms with Crippen molar-refractivity contribution < 1.29 is 9.47 Å². The first-order valence-electron chi connectivity index (χ1n) is 5.25. The van der Waals surface area contributed by atoms with Crippen molar-refractivity contribution in [1.29, 1.82) is 0 Å². The minimum Gasteiger partial charge on any atom is -0.381 e. The first-order valence-corrected chi connectivity index (χ1v) is 5.25. The molecule has 0 spiro atoms. The first-order chi connectivity index (χ1) is 6.38. The van der Waals surface area contributed by atoms with Gasteiger partial charge in [0.25, 0.3) is 0 Å². The standard InChI is InChI=1S/C10H19NO2/c1-11-9-4-10(5-9)13-7-8-2-3-12-6-8/h8-11H,2-7H2,1H3. The van der Waals surface area contributed by atoms with E-state index in [1.807, 2.05) is 7.05 Å². The van der Waals surface area contributed by atoms with Crippen LogP contribution in [0.1, 0.15) is 19.3 Å². The van der Waals surface area contributed by atoms with Gasteiger partial charge in [0.15, 0.2) is 0 Å².